The second-order valence-electron chi connectivity index (χ2n) is 5.58. The molecule has 0 aliphatic heterocycles. The third-order valence-corrected chi connectivity index (χ3v) is 5.00. The number of nitrogens with one attached hydrogen (secondary N) is 1. The fourth-order valence-corrected chi connectivity index (χ4v) is 3.54. The van der Waals surface area contributed by atoms with Gasteiger partial charge in [-0.3, -0.25) is 0 Å². The predicted octanol–water partition coefficient (Wildman–Crippen LogP) is 5.58. The molecule has 0 radical (unpaired) electrons. The number of aryl methyl sites for hydroxylation is 2. The first-order chi connectivity index (χ1) is 10.7. The standard InChI is InChI=1S/C19H16N2S/c1-12-7-8-14(9-13(12)2)18-11-22-19(21-18)16-10-20-17-6-4-3-5-15(16)17/h3-11,20H,1-2H3. The van der Waals surface area contributed by atoms with E-state index in [1.54, 1.807) is 11.3 Å². The first-order valence-electron chi connectivity index (χ1n) is 7.32. The number of aromatic amines is 1. The lowest BCUT2D eigenvalue weighted by Gasteiger charge is -2.02. The topological polar surface area (TPSA) is 28.7 Å². The van der Waals surface area contributed by atoms with Crippen molar-refractivity contribution < 1.29 is 0 Å². The van der Waals surface area contributed by atoms with Crippen molar-refractivity contribution in [1.29, 1.82) is 0 Å². The molecular formula is C19H16N2S. The van der Waals surface area contributed by atoms with Gasteiger partial charge in [0, 0.05) is 33.6 Å². The second kappa shape index (κ2) is 5.11. The summed E-state index contributed by atoms with van der Waals surface area (Å²) in [5.74, 6) is 0. The largest absolute Gasteiger partial charge is 0.360 e. The van der Waals surface area contributed by atoms with Crippen molar-refractivity contribution in [2.45, 2.75) is 13.8 Å². The van der Waals surface area contributed by atoms with E-state index in [0.717, 1.165) is 16.2 Å². The molecule has 0 fully saturated rings. The minimum absolute atomic E-state index is 1.05. The zero-order chi connectivity index (χ0) is 15.1. The molecule has 0 aliphatic carbocycles. The molecule has 0 unspecified atom stereocenters. The number of fused-ring (bicyclic) bond motifs is 1. The van der Waals surface area contributed by atoms with Crippen LogP contribution in [0.15, 0.2) is 54.0 Å². The number of H-pyrrole nitrogens is 1. The summed E-state index contributed by atoms with van der Waals surface area (Å²) in [6.07, 6.45) is 2.05. The maximum atomic E-state index is 4.84. The van der Waals surface area contributed by atoms with E-state index in [0.29, 0.717) is 0 Å². The number of hydrogen-bond acceptors (Lipinski definition) is 2. The van der Waals surface area contributed by atoms with Crippen molar-refractivity contribution in [3.63, 3.8) is 0 Å². The fourth-order valence-electron chi connectivity index (χ4n) is 2.68. The maximum Gasteiger partial charge on any atom is 0.126 e. The van der Waals surface area contributed by atoms with Crippen LogP contribution in [0.3, 0.4) is 0 Å². The molecule has 22 heavy (non-hydrogen) atoms. The Balaban J connectivity index is 1.79. The van der Waals surface area contributed by atoms with Crippen LogP contribution in [0.5, 0.6) is 0 Å². The van der Waals surface area contributed by atoms with Gasteiger partial charge in [0.25, 0.3) is 0 Å². The Morgan fingerprint density at radius 3 is 2.73 bits per heavy atom. The maximum absolute atomic E-state index is 4.84. The molecule has 4 rings (SSSR count). The Morgan fingerprint density at radius 1 is 1.00 bits per heavy atom. The van der Waals surface area contributed by atoms with Gasteiger partial charge in [-0.1, -0.05) is 30.3 Å². The van der Waals surface area contributed by atoms with Crippen LogP contribution in [0, 0.1) is 13.8 Å². The van der Waals surface area contributed by atoms with Crippen LogP contribution in [-0.4, -0.2) is 9.97 Å². The lowest BCUT2D eigenvalue weighted by molar-refractivity contribution is 1.32. The van der Waals surface area contributed by atoms with E-state index in [1.807, 2.05) is 12.3 Å². The molecule has 0 bridgehead atoms. The summed E-state index contributed by atoms with van der Waals surface area (Å²) < 4.78 is 0. The average molecular weight is 304 g/mol. The summed E-state index contributed by atoms with van der Waals surface area (Å²) in [5.41, 5.74) is 7.19. The first kappa shape index (κ1) is 13.3. The Labute approximate surface area is 133 Å². The molecule has 0 atom stereocenters. The van der Waals surface area contributed by atoms with Crippen LogP contribution in [0.1, 0.15) is 11.1 Å². The number of benzene rings is 2. The molecule has 0 amide bonds. The van der Waals surface area contributed by atoms with E-state index in [-0.39, 0.29) is 0 Å². The molecule has 2 heterocycles. The Bertz CT molecular complexity index is 962. The second-order valence-corrected chi connectivity index (χ2v) is 6.44. The third kappa shape index (κ3) is 2.14. The summed E-state index contributed by atoms with van der Waals surface area (Å²) in [5, 5.41) is 4.43. The average Bonchev–Trinajstić information content (AvgIpc) is 3.16. The Kier molecular flexibility index (Phi) is 3.09. The van der Waals surface area contributed by atoms with E-state index < -0.39 is 0 Å². The molecule has 0 saturated heterocycles. The first-order valence-corrected chi connectivity index (χ1v) is 8.20. The lowest BCUT2D eigenvalue weighted by Crippen LogP contribution is -1.84. The summed E-state index contributed by atoms with van der Waals surface area (Å²) in [6.45, 7) is 4.28. The summed E-state index contributed by atoms with van der Waals surface area (Å²) in [6, 6.07) is 14.9. The van der Waals surface area contributed by atoms with Gasteiger partial charge in [0.05, 0.1) is 5.69 Å². The predicted molar refractivity (Wildman–Crippen MR) is 94.3 cm³/mol. The van der Waals surface area contributed by atoms with E-state index in [2.05, 4.69) is 60.6 Å². The molecule has 108 valence electrons. The van der Waals surface area contributed by atoms with Crippen LogP contribution >= 0.6 is 11.3 Å². The minimum Gasteiger partial charge on any atom is -0.360 e. The molecule has 4 aromatic rings. The fraction of sp³-hybridized carbons (Fsp3) is 0.105. The third-order valence-electron chi connectivity index (χ3n) is 4.13. The molecule has 3 heteroatoms. The number of para-hydroxylation sites is 1. The van der Waals surface area contributed by atoms with Gasteiger partial charge in [0.15, 0.2) is 0 Å². The number of rotatable bonds is 2. The SMILES string of the molecule is Cc1ccc(-c2csc(-c3c[nH]c4ccccc34)n2)cc1C. The van der Waals surface area contributed by atoms with E-state index in [1.165, 1.54) is 27.6 Å². The van der Waals surface area contributed by atoms with Gasteiger partial charge in [0.2, 0.25) is 0 Å². The number of thiazole rings is 1. The molecule has 2 nitrogen and oxygen atoms in total. The smallest absolute Gasteiger partial charge is 0.126 e. The monoisotopic (exact) mass is 304 g/mol. The highest BCUT2D eigenvalue weighted by Crippen LogP contribution is 2.33. The van der Waals surface area contributed by atoms with E-state index >= 15 is 0 Å². The van der Waals surface area contributed by atoms with Gasteiger partial charge in [0.1, 0.15) is 5.01 Å². The molecule has 1 N–H and O–H groups in total. The van der Waals surface area contributed by atoms with E-state index in [9.17, 15) is 0 Å². The highest BCUT2D eigenvalue weighted by atomic mass is 32.1. The molecular weight excluding hydrogens is 288 g/mol. The highest BCUT2D eigenvalue weighted by Gasteiger charge is 2.11. The van der Waals surface area contributed by atoms with Crippen LogP contribution in [-0.2, 0) is 0 Å². The molecule has 0 aliphatic rings. The van der Waals surface area contributed by atoms with Crippen molar-refractivity contribution >= 4 is 22.2 Å². The Morgan fingerprint density at radius 2 is 1.86 bits per heavy atom. The Hall–Kier alpha value is -2.39. The zero-order valence-electron chi connectivity index (χ0n) is 12.6. The van der Waals surface area contributed by atoms with Crippen molar-refractivity contribution in [3.8, 4) is 21.8 Å². The van der Waals surface area contributed by atoms with Gasteiger partial charge < -0.3 is 4.98 Å². The lowest BCUT2D eigenvalue weighted by atomic mass is 10.1. The molecule has 2 aromatic heterocycles. The quantitative estimate of drug-likeness (QED) is 0.515. The summed E-state index contributed by atoms with van der Waals surface area (Å²) in [7, 11) is 0. The van der Waals surface area contributed by atoms with Crippen LogP contribution in [0.4, 0.5) is 0 Å². The highest BCUT2D eigenvalue weighted by molar-refractivity contribution is 7.13. The summed E-state index contributed by atoms with van der Waals surface area (Å²) in [4.78, 5) is 8.16. The van der Waals surface area contributed by atoms with Crippen molar-refractivity contribution in [2.24, 2.45) is 0 Å². The summed E-state index contributed by atoms with van der Waals surface area (Å²) >= 11 is 1.70. The normalized spacial score (nSPS) is 11.2. The zero-order valence-corrected chi connectivity index (χ0v) is 13.4. The van der Waals surface area contributed by atoms with E-state index in [4.69, 9.17) is 4.98 Å². The number of hydrogen-bond donors (Lipinski definition) is 1. The number of nitrogens with zero attached hydrogens (tertiary/aromatic N) is 1. The van der Waals surface area contributed by atoms with Gasteiger partial charge in [-0.2, -0.15) is 0 Å². The number of aromatic nitrogens is 2. The minimum atomic E-state index is 1.05. The van der Waals surface area contributed by atoms with Crippen LogP contribution in [0.25, 0.3) is 32.7 Å². The van der Waals surface area contributed by atoms with Crippen LogP contribution < -0.4 is 0 Å². The van der Waals surface area contributed by atoms with Gasteiger partial charge in [-0.15, -0.1) is 11.3 Å². The molecule has 2 aromatic carbocycles. The molecule has 0 spiro atoms. The molecule has 0 saturated carbocycles. The van der Waals surface area contributed by atoms with Crippen molar-refractivity contribution in [1.82, 2.24) is 9.97 Å². The van der Waals surface area contributed by atoms with Gasteiger partial charge in [-0.25, -0.2) is 4.98 Å². The van der Waals surface area contributed by atoms with Gasteiger partial charge in [-0.05, 0) is 37.1 Å². The van der Waals surface area contributed by atoms with Crippen molar-refractivity contribution in [3.05, 3.63) is 65.2 Å². The van der Waals surface area contributed by atoms with Gasteiger partial charge >= 0.3 is 0 Å². The van der Waals surface area contributed by atoms with Crippen LogP contribution in [0.2, 0.25) is 0 Å². The van der Waals surface area contributed by atoms with Crippen molar-refractivity contribution in [2.75, 3.05) is 0 Å².